The number of rotatable bonds is 7. The van der Waals surface area contributed by atoms with Gasteiger partial charge in [-0.25, -0.2) is 4.79 Å². The van der Waals surface area contributed by atoms with Crippen LogP contribution in [0.3, 0.4) is 0 Å². The van der Waals surface area contributed by atoms with E-state index in [1.165, 1.54) is 0 Å². The molecule has 0 spiro atoms. The maximum Gasteiger partial charge on any atom is 0.314 e. The summed E-state index contributed by atoms with van der Waals surface area (Å²) in [5, 5.41) is 5.67. The molecule has 1 unspecified atom stereocenters. The molecule has 0 saturated carbocycles. The molecule has 0 aliphatic carbocycles. The molecular weight excluding hydrogens is 280 g/mol. The number of hydrogen-bond donors (Lipinski definition) is 2. The summed E-state index contributed by atoms with van der Waals surface area (Å²) >= 11 is 0. The Labute approximate surface area is 132 Å². The Bertz CT molecular complexity index is 465. The first-order valence-corrected chi connectivity index (χ1v) is 7.99. The Kier molecular flexibility index (Phi) is 6.52. The average Bonchev–Trinajstić information content (AvgIpc) is 3.01. The molecule has 1 aromatic carbocycles. The first-order chi connectivity index (χ1) is 10.7. The van der Waals surface area contributed by atoms with Gasteiger partial charge in [0.25, 0.3) is 0 Å². The molecule has 1 heterocycles. The Morgan fingerprint density at radius 2 is 2.09 bits per heavy atom. The lowest BCUT2D eigenvalue weighted by molar-refractivity contribution is 0.111. The highest BCUT2D eigenvalue weighted by Gasteiger charge is 2.15. The number of amides is 2. The van der Waals surface area contributed by atoms with Crippen molar-refractivity contribution in [3.63, 3.8) is 0 Å². The molecule has 1 aromatic rings. The molecule has 2 amide bonds. The van der Waals surface area contributed by atoms with Crippen LogP contribution in [-0.2, 0) is 4.74 Å². The number of aryl methyl sites for hydroxylation is 2. The SMILES string of the molecule is Cc1cccc(C)c1OCCCNC(=O)NCC1CCCO1. The molecule has 1 fully saturated rings. The number of benzene rings is 1. The van der Waals surface area contributed by atoms with Gasteiger partial charge < -0.3 is 20.1 Å². The van der Waals surface area contributed by atoms with E-state index in [0.29, 0.717) is 19.7 Å². The molecule has 0 aromatic heterocycles. The third-order valence-electron chi connectivity index (χ3n) is 3.78. The van der Waals surface area contributed by atoms with Gasteiger partial charge in [0.15, 0.2) is 0 Å². The molecular formula is C17H26N2O3. The predicted molar refractivity (Wildman–Crippen MR) is 86.4 cm³/mol. The third-order valence-corrected chi connectivity index (χ3v) is 3.78. The van der Waals surface area contributed by atoms with E-state index >= 15 is 0 Å². The van der Waals surface area contributed by atoms with Crippen molar-refractivity contribution in [3.05, 3.63) is 29.3 Å². The second kappa shape index (κ2) is 8.63. The van der Waals surface area contributed by atoms with Crippen molar-refractivity contribution in [3.8, 4) is 5.75 Å². The van der Waals surface area contributed by atoms with Crippen LogP contribution in [-0.4, -0.2) is 38.4 Å². The van der Waals surface area contributed by atoms with Crippen LogP contribution >= 0.6 is 0 Å². The summed E-state index contributed by atoms with van der Waals surface area (Å²) in [5.41, 5.74) is 2.28. The van der Waals surface area contributed by atoms with Crippen molar-refractivity contribution in [1.29, 1.82) is 0 Å². The van der Waals surface area contributed by atoms with Crippen molar-refractivity contribution < 1.29 is 14.3 Å². The van der Waals surface area contributed by atoms with Crippen LogP contribution in [0, 0.1) is 13.8 Å². The molecule has 2 rings (SSSR count). The minimum atomic E-state index is -0.137. The molecule has 0 radical (unpaired) electrons. The van der Waals surface area contributed by atoms with Gasteiger partial charge in [0.05, 0.1) is 12.7 Å². The lowest BCUT2D eigenvalue weighted by Crippen LogP contribution is -2.40. The van der Waals surface area contributed by atoms with Crippen molar-refractivity contribution in [1.82, 2.24) is 10.6 Å². The number of ether oxygens (including phenoxy) is 2. The Balaban J connectivity index is 1.56. The Morgan fingerprint density at radius 1 is 1.32 bits per heavy atom. The summed E-state index contributed by atoms with van der Waals surface area (Å²) < 4.78 is 11.3. The zero-order valence-electron chi connectivity index (χ0n) is 13.5. The highest BCUT2D eigenvalue weighted by molar-refractivity contribution is 5.73. The third kappa shape index (κ3) is 5.22. The molecule has 2 N–H and O–H groups in total. The first kappa shape index (κ1) is 16.6. The molecule has 1 saturated heterocycles. The van der Waals surface area contributed by atoms with Crippen LogP contribution in [0.4, 0.5) is 4.79 Å². The van der Waals surface area contributed by atoms with Crippen LogP contribution in [0.1, 0.15) is 30.4 Å². The van der Waals surface area contributed by atoms with Crippen molar-refractivity contribution >= 4 is 6.03 Å². The second-order valence-electron chi connectivity index (χ2n) is 5.69. The summed E-state index contributed by atoms with van der Waals surface area (Å²) in [6.07, 6.45) is 3.08. The van der Waals surface area contributed by atoms with E-state index in [1.807, 2.05) is 32.0 Å². The van der Waals surface area contributed by atoms with E-state index in [9.17, 15) is 4.79 Å². The quantitative estimate of drug-likeness (QED) is 0.761. The molecule has 1 atom stereocenters. The van der Waals surface area contributed by atoms with Crippen LogP contribution in [0.5, 0.6) is 5.75 Å². The predicted octanol–water partition coefficient (Wildman–Crippen LogP) is 2.55. The largest absolute Gasteiger partial charge is 0.493 e. The molecule has 122 valence electrons. The maximum absolute atomic E-state index is 11.6. The molecule has 0 bridgehead atoms. The fourth-order valence-corrected chi connectivity index (χ4v) is 2.55. The Hall–Kier alpha value is -1.75. The van der Waals surface area contributed by atoms with Crippen LogP contribution < -0.4 is 15.4 Å². The van der Waals surface area contributed by atoms with Gasteiger partial charge in [-0.15, -0.1) is 0 Å². The van der Waals surface area contributed by atoms with Crippen molar-refractivity contribution in [2.75, 3.05) is 26.3 Å². The van der Waals surface area contributed by atoms with Gasteiger partial charge in [-0.05, 0) is 44.2 Å². The standard InChI is InChI=1S/C17H26N2O3/c1-13-6-3-7-14(2)16(13)22-11-5-9-18-17(20)19-12-15-8-4-10-21-15/h3,6-7,15H,4-5,8-12H2,1-2H3,(H2,18,19,20). The van der Waals surface area contributed by atoms with E-state index in [0.717, 1.165) is 42.7 Å². The van der Waals surface area contributed by atoms with E-state index < -0.39 is 0 Å². The minimum absolute atomic E-state index is 0.137. The van der Waals surface area contributed by atoms with Gasteiger partial charge in [-0.3, -0.25) is 0 Å². The van der Waals surface area contributed by atoms with Gasteiger partial charge >= 0.3 is 6.03 Å². The van der Waals surface area contributed by atoms with Crippen LogP contribution in [0.2, 0.25) is 0 Å². The summed E-state index contributed by atoms with van der Waals surface area (Å²) in [6, 6.07) is 5.97. The minimum Gasteiger partial charge on any atom is -0.493 e. The number of carbonyl (C=O) groups is 1. The number of hydrogen-bond acceptors (Lipinski definition) is 3. The van der Waals surface area contributed by atoms with Crippen molar-refractivity contribution in [2.24, 2.45) is 0 Å². The number of carbonyl (C=O) groups excluding carboxylic acids is 1. The molecule has 5 nitrogen and oxygen atoms in total. The molecule has 1 aliphatic rings. The summed E-state index contributed by atoms with van der Waals surface area (Å²) in [5.74, 6) is 0.949. The van der Waals surface area contributed by atoms with Crippen LogP contribution in [0.25, 0.3) is 0 Å². The maximum atomic E-state index is 11.6. The lowest BCUT2D eigenvalue weighted by atomic mass is 10.1. The van der Waals surface area contributed by atoms with E-state index in [1.54, 1.807) is 0 Å². The molecule has 22 heavy (non-hydrogen) atoms. The van der Waals surface area contributed by atoms with Gasteiger partial charge in [0.2, 0.25) is 0 Å². The van der Waals surface area contributed by atoms with E-state index in [2.05, 4.69) is 10.6 Å². The van der Waals surface area contributed by atoms with Gasteiger partial charge in [-0.2, -0.15) is 0 Å². The van der Waals surface area contributed by atoms with E-state index in [-0.39, 0.29) is 12.1 Å². The lowest BCUT2D eigenvalue weighted by Gasteiger charge is -2.13. The number of para-hydroxylation sites is 1. The summed E-state index contributed by atoms with van der Waals surface area (Å²) in [6.45, 7) is 6.67. The van der Waals surface area contributed by atoms with Crippen LogP contribution in [0.15, 0.2) is 18.2 Å². The zero-order valence-corrected chi connectivity index (χ0v) is 13.5. The Morgan fingerprint density at radius 3 is 2.77 bits per heavy atom. The van der Waals surface area contributed by atoms with Gasteiger partial charge in [-0.1, -0.05) is 18.2 Å². The topological polar surface area (TPSA) is 59.6 Å². The summed E-state index contributed by atoms with van der Waals surface area (Å²) in [4.78, 5) is 11.6. The second-order valence-corrected chi connectivity index (χ2v) is 5.69. The number of nitrogens with one attached hydrogen (secondary N) is 2. The van der Waals surface area contributed by atoms with E-state index in [4.69, 9.17) is 9.47 Å². The van der Waals surface area contributed by atoms with Gasteiger partial charge in [0, 0.05) is 19.7 Å². The van der Waals surface area contributed by atoms with Gasteiger partial charge in [0.1, 0.15) is 5.75 Å². The average molecular weight is 306 g/mol. The normalized spacial score (nSPS) is 17.3. The first-order valence-electron chi connectivity index (χ1n) is 7.99. The monoisotopic (exact) mass is 306 g/mol. The number of urea groups is 1. The zero-order chi connectivity index (χ0) is 15.8. The fraction of sp³-hybridized carbons (Fsp3) is 0.588. The highest BCUT2D eigenvalue weighted by atomic mass is 16.5. The summed E-state index contributed by atoms with van der Waals surface area (Å²) in [7, 11) is 0. The fourth-order valence-electron chi connectivity index (χ4n) is 2.55. The highest BCUT2D eigenvalue weighted by Crippen LogP contribution is 2.22. The smallest absolute Gasteiger partial charge is 0.314 e. The molecule has 5 heteroatoms. The van der Waals surface area contributed by atoms with Crippen molar-refractivity contribution in [2.45, 2.75) is 39.2 Å². The molecule has 1 aliphatic heterocycles.